The molecule has 0 spiro atoms. The molecule has 0 aromatic carbocycles. The van der Waals surface area contributed by atoms with E-state index in [4.69, 9.17) is 4.74 Å². The molecule has 1 heterocycles. The van der Waals surface area contributed by atoms with Crippen molar-refractivity contribution in [2.24, 2.45) is 23.7 Å². The van der Waals surface area contributed by atoms with Crippen LogP contribution in [0.1, 0.15) is 71.6 Å². The minimum Gasteiger partial charge on any atom is -0.359 e. The number of alkyl halides is 1. The molecule has 5 atom stereocenters. The molecule has 156 valence electrons. The topological polar surface area (TPSA) is 41.6 Å². The Morgan fingerprint density at radius 1 is 1.15 bits per heavy atom. The number of rotatable bonds is 6. The molecular weight excluding hydrogens is 343 g/mol. The average Bonchev–Trinajstić information content (AvgIpc) is 3.11. The second kappa shape index (κ2) is 9.69. The molecule has 5 heteroatoms. The molecule has 1 aliphatic heterocycles. The van der Waals surface area contributed by atoms with Gasteiger partial charge in [-0.2, -0.15) is 0 Å². The Balaban J connectivity index is 1.35. The molecule has 3 fully saturated rings. The van der Waals surface area contributed by atoms with E-state index < -0.39 is 6.17 Å². The summed E-state index contributed by atoms with van der Waals surface area (Å²) in [6.07, 6.45) is 7.87. The fourth-order valence-electron chi connectivity index (χ4n) is 5.35. The first-order valence-electron chi connectivity index (χ1n) is 11.2. The van der Waals surface area contributed by atoms with E-state index in [-0.39, 0.29) is 18.2 Å². The number of ether oxygens (including phenoxy) is 1. The summed E-state index contributed by atoms with van der Waals surface area (Å²) in [5.74, 6) is 2.89. The van der Waals surface area contributed by atoms with Crippen molar-refractivity contribution in [3.63, 3.8) is 0 Å². The van der Waals surface area contributed by atoms with Crippen molar-refractivity contribution in [3.05, 3.63) is 0 Å². The Hall–Kier alpha value is -0.680. The molecule has 1 N–H and O–H groups in total. The molecule has 27 heavy (non-hydrogen) atoms. The number of hydrogen-bond acceptors (Lipinski definition) is 3. The monoisotopic (exact) mass is 382 g/mol. The summed E-state index contributed by atoms with van der Waals surface area (Å²) in [7, 11) is 1.95. The summed E-state index contributed by atoms with van der Waals surface area (Å²) in [4.78, 5) is 14.5. The van der Waals surface area contributed by atoms with Gasteiger partial charge in [-0.1, -0.05) is 20.3 Å². The molecule has 0 radical (unpaired) electrons. The first kappa shape index (κ1) is 21.0. The van der Waals surface area contributed by atoms with Gasteiger partial charge < -0.3 is 9.64 Å². The highest BCUT2D eigenvalue weighted by Gasteiger charge is 2.34. The predicted octanol–water partition coefficient (Wildman–Crippen LogP) is 4.14. The van der Waals surface area contributed by atoms with Crippen LogP contribution in [0.5, 0.6) is 0 Å². The molecule has 0 aromatic heterocycles. The van der Waals surface area contributed by atoms with Crippen molar-refractivity contribution in [2.45, 2.75) is 90.1 Å². The predicted molar refractivity (Wildman–Crippen MR) is 106 cm³/mol. The van der Waals surface area contributed by atoms with E-state index in [1.807, 2.05) is 11.9 Å². The van der Waals surface area contributed by atoms with Gasteiger partial charge in [-0.15, -0.1) is 0 Å². The van der Waals surface area contributed by atoms with Crippen molar-refractivity contribution in [1.82, 2.24) is 10.2 Å². The van der Waals surface area contributed by atoms with Crippen molar-refractivity contribution < 1.29 is 13.9 Å². The van der Waals surface area contributed by atoms with Gasteiger partial charge in [0.1, 0.15) is 12.4 Å². The average molecular weight is 383 g/mol. The van der Waals surface area contributed by atoms with Crippen molar-refractivity contribution in [2.75, 3.05) is 20.1 Å². The number of amides is 1. The second-order valence-electron chi connectivity index (χ2n) is 9.55. The number of nitrogens with one attached hydrogen (secondary N) is 1. The molecule has 1 amide bonds. The molecule has 0 aromatic rings. The Morgan fingerprint density at radius 2 is 1.89 bits per heavy atom. The first-order valence-corrected chi connectivity index (χ1v) is 11.2. The van der Waals surface area contributed by atoms with Gasteiger partial charge in [-0.25, -0.2) is 4.39 Å². The van der Waals surface area contributed by atoms with Crippen LogP contribution in [0.4, 0.5) is 4.39 Å². The number of hydrogen-bond donors (Lipinski definition) is 1. The lowest BCUT2D eigenvalue weighted by atomic mass is 9.75. The zero-order chi connectivity index (χ0) is 19.4. The summed E-state index contributed by atoms with van der Waals surface area (Å²) in [5.41, 5.74) is 0. The quantitative estimate of drug-likeness (QED) is 0.751. The minimum atomic E-state index is -0.616. The van der Waals surface area contributed by atoms with Gasteiger partial charge in [-0.05, 0) is 68.6 Å². The summed E-state index contributed by atoms with van der Waals surface area (Å²) in [6, 6.07) is 0. The van der Waals surface area contributed by atoms with E-state index in [9.17, 15) is 9.18 Å². The van der Waals surface area contributed by atoms with Crippen LogP contribution >= 0.6 is 0 Å². The maximum absolute atomic E-state index is 13.3. The highest BCUT2D eigenvalue weighted by atomic mass is 19.1. The van der Waals surface area contributed by atoms with E-state index in [1.165, 1.54) is 19.3 Å². The lowest BCUT2D eigenvalue weighted by Gasteiger charge is -2.35. The number of halogens is 1. The van der Waals surface area contributed by atoms with Gasteiger partial charge in [0.15, 0.2) is 0 Å². The Labute approximate surface area is 164 Å². The Morgan fingerprint density at radius 3 is 2.59 bits per heavy atom. The third kappa shape index (κ3) is 5.90. The van der Waals surface area contributed by atoms with Crippen LogP contribution in [-0.2, 0) is 9.53 Å². The van der Waals surface area contributed by atoms with Crippen LogP contribution in [0.2, 0.25) is 0 Å². The van der Waals surface area contributed by atoms with Gasteiger partial charge in [-0.3, -0.25) is 10.1 Å². The molecular formula is C22H39FN2O2. The fraction of sp³-hybridized carbons (Fsp3) is 0.955. The summed E-state index contributed by atoms with van der Waals surface area (Å²) < 4.78 is 19.5. The van der Waals surface area contributed by atoms with Crippen LogP contribution in [0.25, 0.3) is 0 Å². The third-order valence-corrected chi connectivity index (χ3v) is 7.28. The fourth-order valence-corrected chi connectivity index (χ4v) is 5.35. The molecule has 3 aliphatic rings. The van der Waals surface area contributed by atoms with E-state index in [2.05, 4.69) is 19.2 Å². The second-order valence-corrected chi connectivity index (χ2v) is 9.55. The number of carbonyl (C=O) groups excluding carboxylic acids is 1. The van der Waals surface area contributed by atoms with Crippen LogP contribution in [0.15, 0.2) is 0 Å². The van der Waals surface area contributed by atoms with E-state index in [0.717, 1.165) is 38.3 Å². The summed E-state index contributed by atoms with van der Waals surface area (Å²) in [5, 5.41) is 3.42. The molecule has 2 saturated carbocycles. The maximum Gasteiger partial charge on any atom is 0.222 e. The smallest absolute Gasteiger partial charge is 0.222 e. The first-order chi connectivity index (χ1) is 12.9. The Kier molecular flexibility index (Phi) is 7.55. The lowest BCUT2D eigenvalue weighted by molar-refractivity contribution is -0.131. The van der Waals surface area contributed by atoms with Gasteiger partial charge >= 0.3 is 0 Å². The lowest BCUT2D eigenvalue weighted by Crippen LogP contribution is -2.37. The minimum absolute atomic E-state index is 0.0232. The van der Waals surface area contributed by atoms with Crippen LogP contribution in [-0.4, -0.2) is 49.4 Å². The standard InChI is InChI=1S/C22H39FN2O2/c1-15-4-5-18(16(2)12-15)14-25(3)22(26)11-10-21-24-13-20(27-21)17-6-8-19(23)9-7-17/h15-21,24H,4-14H2,1-3H3. The van der Waals surface area contributed by atoms with Gasteiger partial charge in [0.2, 0.25) is 5.91 Å². The Bertz CT molecular complexity index is 481. The molecule has 1 saturated heterocycles. The van der Waals surface area contributed by atoms with Gasteiger partial charge in [0.05, 0.1) is 6.10 Å². The highest BCUT2D eigenvalue weighted by Crippen LogP contribution is 2.34. The van der Waals surface area contributed by atoms with Crippen molar-refractivity contribution in [3.8, 4) is 0 Å². The van der Waals surface area contributed by atoms with Gasteiger partial charge in [0.25, 0.3) is 0 Å². The molecule has 2 aliphatic carbocycles. The largest absolute Gasteiger partial charge is 0.359 e. The molecule has 0 bridgehead atoms. The number of carbonyl (C=O) groups is 1. The van der Waals surface area contributed by atoms with Crippen LogP contribution < -0.4 is 5.32 Å². The van der Waals surface area contributed by atoms with E-state index >= 15 is 0 Å². The van der Waals surface area contributed by atoms with Crippen LogP contribution in [0, 0.1) is 23.7 Å². The maximum atomic E-state index is 13.3. The van der Waals surface area contributed by atoms with E-state index in [0.29, 0.717) is 37.0 Å². The van der Waals surface area contributed by atoms with E-state index in [1.54, 1.807) is 0 Å². The molecule has 4 nitrogen and oxygen atoms in total. The molecule has 3 rings (SSSR count). The summed E-state index contributed by atoms with van der Waals surface area (Å²) >= 11 is 0. The number of nitrogens with zero attached hydrogens (tertiary/aromatic N) is 1. The van der Waals surface area contributed by atoms with Crippen LogP contribution in [0.3, 0.4) is 0 Å². The summed E-state index contributed by atoms with van der Waals surface area (Å²) in [6.45, 7) is 6.41. The molecule has 5 unspecified atom stereocenters. The zero-order valence-electron chi connectivity index (χ0n) is 17.5. The SMILES string of the molecule is CC1CCC(CN(C)C(=O)CCC2NCC(C3CCC(F)CC3)O2)C(C)C1. The highest BCUT2D eigenvalue weighted by molar-refractivity contribution is 5.75. The normalized spacial score (nSPS) is 40.1. The van der Waals surface area contributed by atoms with Gasteiger partial charge in [0, 0.05) is 26.6 Å². The zero-order valence-corrected chi connectivity index (χ0v) is 17.5. The van der Waals surface area contributed by atoms with Crippen molar-refractivity contribution >= 4 is 5.91 Å². The third-order valence-electron chi connectivity index (χ3n) is 7.28. The van der Waals surface area contributed by atoms with Crippen molar-refractivity contribution in [1.29, 1.82) is 0 Å².